The molecule has 0 radical (unpaired) electrons. The normalized spacial score (nSPS) is 12.7. The zero-order valence-corrected chi connectivity index (χ0v) is 34.3. The minimum absolute atomic E-state index is 1.05. The molecule has 0 aliphatic carbocycles. The summed E-state index contributed by atoms with van der Waals surface area (Å²) in [6.45, 7) is 5.04. The Bertz CT molecular complexity index is 2890. The van der Waals surface area contributed by atoms with Gasteiger partial charge in [-0.2, -0.15) is 0 Å². The zero-order valence-electron chi connectivity index (χ0n) is 33.3. The molecular weight excluding hydrogens is 729 g/mol. The zero-order chi connectivity index (χ0) is 39.8. The van der Waals surface area contributed by atoms with Crippen LogP contribution in [-0.2, 0) is 0 Å². The lowest BCUT2D eigenvalue weighted by atomic mass is 9.92. The highest BCUT2D eigenvalue weighted by atomic mass is 28.3. The average Bonchev–Trinajstić information content (AvgIpc) is 3.30. The SMILES string of the molecule is C[Si]1(C)c2c(-c3cc(-c4ccccc4)ccc3Nc3ccc(-c4ccccc4)cc3)cccc2-c2cc(-c3ccccc3)ccc2N1c1ccc(-c2ccccc2)cc1. The van der Waals surface area contributed by atoms with Gasteiger partial charge in [0, 0.05) is 33.9 Å². The first kappa shape index (κ1) is 36.2. The predicted molar refractivity (Wildman–Crippen MR) is 254 cm³/mol. The number of hydrogen-bond acceptors (Lipinski definition) is 2. The van der Waals surface area contributed by atoms with E-state index >= 15 is 0 Å². The lowest BCUT2D eigenvalue weighted by Crippen LogP contribution is -2.59. The molecule has 0 bridgehead atoms. The number of nitrogens with zero attached hydrogens (tertiary/aromatic N) is 1. The molecule has 59 heavy (non-hydrogen) atoms. The summed E-state index contributed by atoms with van der Waals surface area (Å²) in [4.78, 5) is 0. The molecule has 0 fully saturated rings. The van der Waals surface area contributed by atoms with E-state index in [1.807, 2.05) is 0 Å². The largest absolute Gasteiger partial charge is 0.364 e. The predicted octanol–water partition coefficient (Wildman–Crippen LogP) is 15.0. The quantitative estimate of drug-likeness (QED) is 0.155. The Hall–Kier alpha value is -7.20. The summed E-state index contributed by atoms with van der Waals surface area (Å²) in [6, 6.07) is 81.7. The van der Waals surface area contributed by atoms with Crippen LogP contribution in [0.15, 0.2) is 224 Å². The van der Waals surface area contributed by atoms with Crippen LogP contribution >= 0.6 is 0 Å². The molecule has 0 amide bonds. The second-order valence-electron chi connectivity index (χ2n) is 15.8. The van der Waals surface area contributed by atoms with Crippen molar-refractivity contribution in [3.8, 4) is 66.8 Å². The molecule has 10 rings (SSSR count). The maximum absolute atomic E-state index is 3.88. The lowest BCUT2D eigenvalue weighted by Gasteiger charge is -2.46. The number of anilines is 4. The van der Waals surface area contributed by atoms with E-state index in [2.05, 4.69) is 247 Å². The van der Waals surface area contributed by atoms with Crippen LogP contribution in [0.4, 0.5) is 22.7 Å². The molecule has 1 aliphatic heterocycles. The second-order valence-corrected chi connectivity index (χ2v) is 19.9. The summed E-state index contributed by atoms with van der Waals surface area (Å²) >= 11 is 0. The monoisotopic (exact) mass is 772 g/mol. The molecule has 2 nitrogen and oxygen atoms in total. The molecular formula is C56H44N2Si. The van der Waals surface area contributed by atoms with Crippen molar-refractivity contribution in [3.05, 3.63) is 224 Å². The van der Waals surface area contributed by atoms with E-state index in [0.29, 0.717) is 0 Å². The van der Waals surface area contributed by atoms with Crippen LogP contribution in [0.1, 0.15) is 0 Å². The van der Waals surface area contributed by atoms with Crippen LogP contribution in [0.3, 0.4) is 0 Å². The Kier molecular flexibility index (Phi) is 9.36. The van der Waals surface area contributed by atoms with E-state index in [4.69, 9.17) is 0 Å². The molecule has 0 atom stereocenters. The first-order chi connectivity index (χ1) is 29.0. The molecule has 282 valence electrons. The molecule has 9 aromatic rings. The molecule has 0 aromatic heterocycles. The highest BCUT2D eigenvalue weighted by molar-refractivity contribution is 6.96. The van der Waals surface area contributed by atoms with Crippen molar-refractivity contribution in [2.24, 2.45) is 0 Å². The van der Waals surface area contributed by atoms with E-state index in [-0.39, 0.29) is 0 Å². The number of benzene rings is 9. The van der Waals surface area contributed by atoms with E-state index in [9.17, 15) is 0 Å². The molecule has 9 aromatic carbocycles. The number of hydrogen-bond donors (Lipinski definition) is 1. The van der Waals surface area contributed by atoms with E-state index in [1.54, 1.807) is 0 Å². The molecule has 0 saturated carbocycles. The maximum atomic E-state index is 3.88. The number of fused-ring (bicyclic) bond motifs is 3. The van der Waals surface area contributed by atoms with Crippen LogP contribution in [-0.4, -0.2) is 8.24 Å². The van der Waals surface area contributed by atoms with Gasteiger partial charge >= 0.3 is 0 Å². The first-order valence-electron chi connectivity index (χ1n) is 20.4. The van der Waals surface area contributed by atoms with Gasteiger partial charge in [0.05, 0.1) is 0 Å². The highest BCUT2D eigenvalue weighted by Crippen LogP contribution is 2.47. The van der Waals surface area contributed by atoms with E-state index < -0.39 is 8.24 Å². The second kappa shape index (κ2) is 15.3. The van der Waals surface area contributed by atoms with Crippen molar-refractivity contribution < 1.29 is 0 Å². The van der Waals surface area contributed by atoms with E-state index in [1.165, 1.54) is 83.3 Å². The van der Waals surface area contributed by atoms with Crippen molar-refractivity contribution in [2.45, 2.75) is 13.1 Å². The molecule has 0 saturated heterocycles. The maximum Gasteiger partial charge on any atom is 0.188 e. The highest BCUT2D eigenvalue weighted by Gasteiger charge is 2.42. The Morgan fingerprint density at radius 1 is 0.339 bits per heavy atom. The third-order valence-corrected chi connectivity index (χ3v) is 15.2. The van der Waals surface area contributed by atoms with Gasteiger partial charge in [0.1, 0.15) is 0 Å². The number of nitrogens with one attached hydrogen (secondary N) is 1. The van der Waals surface area contributed by atoms with Gasteiger partial charge in [0.25, 0.3) is 0 Å². The van der Waals surface area contributed by atoms with Gasteiger partial charge < -0.3 is 9.88 Å². The fourth-order valence-electron chi connectivity index (χ4n) is 8.94. The minimum Gasteiger partial charge on any atom is -0.364 e. The van der Waals surface area contributed by atoms with Gasteiger partial charge in [-0.3, -0.25) is 0 Å². The smallest absolute Gasteiger partial charge is 0.188 e. The van der Waals surface area contributed by atoms with Crippen molar-refractivity contribution >= 4 is 36.2 Å². The molecule has 1 aliphatic rings. The van der Waals surface area contributed by atoms with Crippen LogP contribution in [0.25, 0.3) is 66.8 Å². The summed E-state index contributed by atoms with van der Waals surface area (Å²) in [6.07, 6.45) is 0. The summed E-state index contributed by atoms with van der Waals surface area (Å²) in [5.41, 5.74) is 19.3. The van der Waals surface area contributed by atoms with Crippen LogP contribution in [0.5, 0.6) is 0 Å². The summed E-state index contributed by atoms with van der Waals surface area (Å²) in [7, 11) is -2.50. The first-order valence-corrected chi connectivity index (χ1v) is 23.4. The van der Waals surface area contributed by atoms with Crippen molar-refractivity contribution in [3.63, 3.8) is 0 Å². The van der Waals surface area contributed by atoms with Crippen molar-refractivity contribution in [1.82, 2.24) is 0 Å². The summed E-state index contributed by atoms with van der Waals surface area (Å²) in [5, 5.41) is 5.31. The molecule has 1 N–H and O–H groups in total. The lowest BCUT2D eigenvalue weighted by molar-refractivity contribution is 1.31. The molecule has 0 unspecified atom stereocenters. The van der Waals surface area contributed by atoms with Gasteiger partial charge in [-0.1, -0.05) is 176 Å². The van der Waals surface area contributed by atoms with Gasteiger partial charge in [0.2, 0.25) is 0 Å². The topological polar surface area (TPSA) is 15.3 Å². The Morgan fingerprint density at radius 3 is 1.27 bits per heavy atom. The minimum atomic E-state index is -2.50. The van der Waals surface area contributed by atoms with Gasteiger partial charge in [-0.25, -0.2) is 0 Å². The Labute approximate surface area is 348 Å². The van der Waals surface area contributed by atoms with Crippen molar-refractivity contribution in [1.29, 1.82) is 0 Å². The van der Waals surface area contributed by atoms with Crippen LogP contribution in [0, 0.1) is 0 Å². The Morgan fingerprint density at radius 2 is 0.746 bits per heavy atom. The average molecular weight is 773 g/mol. The van der Waals surface area contributed by atoms with Gasteiger partial charge in [-0.15, -0.1) is 0 Å². The van der Waals surface area contributed by atoms with Crippen LogP contribution in [0.2, 0.25) is 13.1 Å². The summed E-state index contributed by atoms with van der Waals surface area (Å²) in [5.74, 6) is 0. The van der Waals surface area contributed by atoms with Gasteiger partial charge in [0.15, 0.2) is 8.24 Å². The molecule has 3 heteroatoms. The number of rotatable bonds is 8. The van der Waals surface area contributed by atoms with E-state index in [0.717, 1.165) is 11.4 Å². The third-order valence-electron chi connectivity index (χ3n) is 11.8. The van der Waals surface area contributed by atoms with Crippen LogP contribution < -0.4 is 15.1 Å². The fraction of sp³-hybridized carbons (Fsp3) is 0.0357. The Balaban J connectivity index is 1.16. The fourth-order valence-corrected chi connectivity index (χ4v) is 12.5. The van der Waals surface area contributed by atoms with Gasteiger partial charge in [-0.05, 0) is 122 Å². The molecule has 0 spiro atoms. The summed E-state index contributed by atoms with van der Waals surface area (Å²) < 4.78 is 2.69. The van der Waals surface area contributed by atoms with Crippen molar-refractivity contribution in [2.75, 3.05) is 9.88 Å². The third kappa shape index (κ3) is 6.86. The molecule has 1 heterocycles. The standard InChI is InChI=1S/C56H44N2Si/c1-59(2)56-50(52-38-46(42-20-11-5-12-21-42)30-36-54(52)57-48-32-26-44(27-33-48)40-16-7-3-8-17-40)24-15-25-51(56)53-39-47(43-22-13-6-14-23-43)31-37-55(53)58(59)49-34-28-45(29-35-49)41-18-9-4-10-19-41/h3-39,57H,1-2H3.